The first kappa shape index (κ1) is 13.2. The van der Waals surface area contributed by atoms with Crippen molar-refractivity contribution in [1.29, 1.82) is 0 Å². The molecule has 0 saturated carbocycles. The fourth-order valence-corrected chi connectivity index (χ4v) is 2.49. The van der Waals surface area contributed by atoms with E-state index in [2.05, 4.69) is 20.9 Å². The van der Waals surface area contributed by atoms with Gasteiger partial charge >= 0.3 is 0 Å². The van der Waals surface area contributed by atoms with Crippen LogP contribution in [0.25, 0.3) is 0 Å². The van der Waals surface area contributed by atoms with Gasteiger partial charge in [0.15, 0.2) is 5.78 Å². The number of Topliss-reactive ketones (excluding diaryl/α,β-unsaturated/α-hetero) is 1. The molecule has 2 aromatic rings. The van der Waals surface area contributed by atoms with E-state index in [9.17, 15) is 4.79 Å². The van der Waals surface area contributed by atoms with Gasteiger partial charge in [0.25, 0.3) is 0 Å². The molecule has 0 aromatic carbocycles. The van der Waals surface area contributed by atoms with E-state index in [1.165, 1.54) is 11.3 Å². The highest BCUT2D eigenvalue weighted by Crippen LogP contribution is 2.16. The van der Waals surface area contributed by atoms with Gasteiger partial charge in [0, 0.05) is 17.1 Å². The van der Waals surface area contributed by atoms with E-state index < -0.39 is 0 Å². The maximum absolute atomic E-state index is 11.7. The summed E-state index contributed by atoms with van der Waals surface area (Å²) in [6.45, 7) is 0.523. The zero-order valence-corrected chi connectivity index (χ0v) is 12.0. The number of pyridine rings is 1. The van der Waals surface area contributed by atoms with E-state index in [4.69, 9.17) is 4.74 Å². The molecule has 0 unspecified atom stereocenters. The molecule has 0 amide bonds. The quantitative estimate of drug-likeness (QED) is 0.596. The SMILES string of the molecule is O=C(CCCOc1cncc(Br)c1)c1cccs1. The summed E-state index contributed by atoms with van der Waals surface area (Å²) in [6, 6.07) is 5.60. The molecule has 0 atom stereocenters. The minimum Gasteiger partial charge on any atom is -0.492 e. The molecule has 0 aliphatic carbocycles. The topological polar surface area (TPSA) is 39.2 Å². The lowest BCUT2D eigenvalue weighted by Gasteiger charge is -2.05. The van der Waals surface area contributed by atoms with Gasteiger partial charge in [-0.25, -0.2) is 0 Å². The number of ether oxygens (including phenoxy) is 1. The smallest absolute Gasteiger partial charge is 0.172 e. The summed E-state index contributed by atoms with van der Waals surface area (Å²) in [5.41, 5.74) is 0. The Morgan fingerprint density at radius 1 is 1.44 bits per heavy atom. The minimum absolute atomic E-state index is 0.181. The van der Waals surface area contributed by atoms with Crippen LogP contribution in [0.2, 0.25) is 0 Å². The summed E-state index contributed by atoms with van der Waals surface area (Å²) in [5.74, 6) is 0.897. The second kappa shape index (κ2) is 6.66. The molecule has 5 heteroatoms. The van der Waals surface area contributed by atoms with Crippen LogP contribution in [0, 0.1) is 0 Å². The van der Waals surface area contributed by atoms with Crippen molar-refractivity contribution in [1.82, 2.24) is 4.98 Å². The number of aromatic nitrogens is 1. The van der Waals surface area contributed by atoms with Crippen molar-refractivity contribution in [3.63, 3.8) is 0 Å². The molecular weight excluding hydrogens is 314 g/mol. The van der Waals surface area contributed by atoms with Crippen LogP contribution in [0.1, 0.15) is 22.5 Å². The van der Waals surface area contributed by atoms with Crippen LogP contribution in [0.5, 0.6) is 5.75 Å². The van der Waals surface area contributed by atoms with Crippen LogP contribution in [0.15, 0.2) is 40.4 Å². The third-order valence-corrected chi connectivity index (χ3v) is 3.64. The molecule has 0 fully saturated rings. The number of hydrogen-bond acceptors (Lipinski definition) is 4. The van der Waals surface area contributed by atoms with E-state index in [1.807, 2.05) is 23.6 Å². The summed E-state index contributed by atoms with van der Waals surface area (Å²) in [6.07, 6.45) is 4.59. The maximum Gasteiger partial charge on any atom is 0.172 e. The van der Waals surface area contributed by atoms with Crippen LogP contribution in [0.3, 0.4) is 0 Å². The Bertz CT molecular complexity index is 513. The van der Waals surface area contributed by atoms with Gasteiger partial charge in [-0.05, 0) is 39.9 Å². The predicted octanol–water partition coefficient (Wildman–Crippen LogP) is 3.95. The van der Waals surface area contributed by atoms with Crippen LogP contribution in [-0.4, -0.2) is 17.4 Å². The molecule has 0 aliphatic rings. The first-order valence-electron chi connectivity index (χ1n) is 5.56. The normalized spacial score (nSPS) is 10.3. The molecule has 18 heavy (non-hydrogen) atoms. The van der Waals surface area contributed by atoms with Crippen molar-refractivity contribution in [3.8, 4) is 5.75 Å². The fourth-order valence-electron chi connectivity index (χ4n) is 1.45. The number of carbonyl (C=O) groups is 1. The van der Waals surface area contributed by atoms with E-state index in [0.29, 0.717) is 25.2 Å². The first-order chi connectivity index (χ1) is 8.75. The van der Waals surface area contributed by atoms with Crippen LogP contribution < -0.4 is 4.74 Å². The van der Waals surface area contributed by atoms with Gasteiger partial charge in [-0.3, -0.25) is 9.78 Å². The summed E-state index contributed by atoms with van der Waals surface area (Å²) < 4.78 is 6.40. The van der Waals surface area contributed by atoms with Gasteiger partial charge in [-0.1, -0.05) is 6.07 Å². The minimum atomic E-state index is 0.181. The molecule has 2 aromatic heterocycles. The van der Waals surface area contributed by atoms with Gasteiger partial charge in [-0.15, -0.1) is 11.3 Å². The largest absolute Gasteiger partial charge is 0.492 e. The van der Waals surface area contributed by atoms with Gasteiger partial charge in [0.05, 0.1) is 17.7 Å². The Balaban J connectivity index is 1.72. The van der Waals surface area contributed by atoms with Crippen molar-refractivity contribution in [2.45, 2.75) is 12.8 Å². The lowest BCUT2D eigenvalue weighted by atomic mass is 10.2. The lowest BCUT2D eigenvalue weighted by Crippen LogP contribution is -2.02. The standard InChI is InChI=1S/C13H12BrNO2S/c14-10-7-11(9-15-8-10)17-5-1-3-12(16)13-4-2-6-18-13/h2,4,6-9H,1,3,5H2. The third kappa shape index (κ3) is 3.92. The zero-order chi connectivity index (χ0) is 12.8. The van der Waals surface area contributed by atoms with Crippen molar-refractivity contribution >= 4 is 33.0 Å². The molecule has 0 spiro atoms. The van der Waals surface area contributed by atoms with Crippen molar-refractivity contribution in [3.05, 3.63) is 45.3 Å². The molecule has 0 saturated heterocycles. The number of rotatable bonds is 6. The van der Waals surface area contributed by atoms with Crippen LogP contribution in [-0.2, 0) is 0 Å². The molecule has 94 valence electrons. The highest BCUT2D eigenvalue weighted by Gasteiger charge is 2.06. The predicted molar refractivity (Wildman–Crippen MR) is 75.3 cm³/mol. The Labute approximate surface area is 118 Å². The van der Waals surface area contributed by atoms with E-state index >= 15 is 0 Å². The van der Waals surface area contributed by atoms with Crippen LogP contribution >= 0.6 is 27.3 Å². The second-order valence-electron chi connectivity index (χ2n) is 3.69. The molecule has 0 N–H and O–H groups in total. The maximum atomic E-state index is 11.7. The van der Waals surface area contributed by atoms with Crippen molar-refractivity contribution in [2.75, 3.05) is 6.61 Å². The molecular formula is C13H12BrNO2S. The van der Waals surface area contributed by atoms with Crippen molar-refractivity contribution < 1.29 is 9.53 Å². The molecule has 3 nitrogen and oxygen atoms in total. The summed E-state index contributed by atoms with van der Waals surface area (Å²) in [4.78, 5) is 16.5. The molecule has 0 bridgehead atoms. The Morgan fingerprint density at radius 2 is 2.33 bits per heavy atom. The number of ketones is 1. The fraction of sp³-hybridized carbons (Fsp3) is 0.231. The van der Waals surface area contributed by atoms with Gasteiger partial charge in [0.2, 0.25) is 0 Å². The van der Waals surface area contributed by atoms with E-state index in [1.54, 1.807) is 12.4 Å². The van der Waals surface area contributed by atoms with E-state index in [0.717, 1.165) is 9.35 Å². The molecule has 0 aliphatic heterocycles. The Kier molecular flexibility index (Phi) is 4.90. The highest BCUT2D eigenvalue weighted by molar-refractivity contribution is 9.10. The number of halogens is 1. The second-order valence-corrected chi connectivity index (χ2v) is 5.55. The summed E-state index contributed by atoms with van der Waals surface area (Å²) >= 11 is 4.81. The number of carbonyl (C=O) groups excluding carboxylic acids is 1. The molecule has 2 heterocycles. The van der Waals surface area contributed by atoms with Gasteiger partial charge in [-0.2, -0.15) is 0 Å². The van der Waals surface area contributed by atoms with Crippen molar-refractivity contribution in [2.24, 2.45) is 0 Å². The average molecular weight is 326 g/mol. The highest BCUT2D eigenvalue weighted by atomic mass is 79.9. The Hall–Kier alpha value is -1.20. The Morgan fingerprint density at radius 3 is 3.06 bits per heavy atom. The number of thiophene rings is 1. The summed E-state index contributed by atoms with van der Waals surface area (Å²) in [5, 5.41) is 1.91. The molecule has 2 rings (SSSR count). The average Bonchev–Trinajstić information content (AvgIpc) is 2.88. The lowest BCUT2D eigenvalue weighted by molar-refractivity contribution is 0.0977. The monoisotopic (exact) mass is 325 g/mol. The number of hydrogen-bond donors (Lipinski definition) is 0. The van der Waals surface area contributed by atoms with Gasteiger partial charge < -0.3 is 4.74 Å². The van der Waals surface area contributed by atoms with Gasteiger partial charge in [0.1, 0.15) is 5.75 Å². The number of nitrogens with zero attached hydrogens (tertiary/aromatic N) is 1. The third-order valence-electron chi connectivity index (χ3n) is 2.29. The summed E-state index contributed by atoms with van der Waals surface area (Å²) in [7, 11) is 0. The van der Waals surface area contributed by atoms with Crippen LogP contribution in [0.4, 0.5) is 0 Å². The van der Waals surface area contributed by atoms with E-state index in [-0.39, 0.29) is 5.78 Å². The first-order valence-corrected chi connectivity index (χ1v) is 7.23. The molecule has 0 radical (unpaired) electrons. The zero-order valence-electron chi connectivity index (χ0n) is 9.64.